The molecule has 0 spiro atoms. The highest BCUT2D eigenvalue weighted by Crippen LogP contribution is 2.26. The molecule has 7 heteroatoms. The number of benzene rings is 3. The van der Waals surface area contributed by atoms with E-state index in [4.69, 9.17) is 8.92 Å². The number of hydrogen-bond acceptors (Lipinski definition) is 6. The van der Waals surface area contributed by atoms with Crippen LogP contribution in [0.2, 0.25) is 0 Å². The Balaban J connectivity index is 1.81. The molecule has 0 radical (unpaired) electrons. The quantitative estimate of drug-likeness (QED) is 0.343. The number of carbonyl (C=O) groups excluding carboxylic acids is 1. The first kappa shape index (κ1) is 25.5. The monoisotopic (exact) mass is 481 g/mol. The number of rotatable bonds is 9. The van der Waals surface area contributed by atoms with Crippen LogP contribution < -0.4 is 9.50 Å². The molecule has 6 nitrogen and oxygen atoms in total. The van der Waals surface area contributed by atoms with E-state index in [1.807, 2.05) is 58.0 Å². The van der Waals surface area contributed by atoms with Gasteiger partial charge in [-0.25, -0.2) is 0 Å². The van der Waals surface area contributed by atoms with Crippen LogP contribution in [-0.4, -0.2) is 26.5 Å². The molecule has 0 heterocycles. The molecule has 0 aromatic heterocycles. The number of hydrogen-bond donors (Lipinski definition) is 1. The maximum atomic E-state index is 13.0. The molecule has 3 aromatic carbocycles. The van der Waals surface area contributed by atoms with Crippen molar-refractivity contribution in [3.63, 3.8) is 0 Å². The molecule has 1 unspecified atom stereocenters. The molecule has 0 bridgehead atoms. The molecule has 3 aromatic rings. The van der Waals surface area contributed by atoms with Crippen LogP contribution >= 0.6 is 0 Å². The Morgan fingerprint density at radius 1 is 0.941 bits per heavy atom. The third kappa shape index (κ3) is 7.43. The zero-order valence-electron chi connectivity index (χ0n) is 19.9. The van der Waals surface area contributed by atoms with Crippen molar-refractivity contribution in [2.45, 2.75) is 50.7 Å². The summed E-state index contributed by atoms with van der Waals surface area (Å²) >= 11 is 0. The molecule has 3 rings (SSSR count). The van der Waals surface area contributed by atoms with Crippen LogP contribution in [0.1, 0.15) is 43.4 Å². The molecular formula is C27H31NO5S. The third-order valence-corrected chi connectivity index (χ3v) is 6.25. The van der Waals surface area contributed by atoms with E-state index in [1.165, 1.54) is 12.1 Å². The van der Waals surface area contributed by atoms with Crippen molar-refractivity contribution >= 4 is 16.1 Å². The number of ether oxygens (including phenoxy) is 1. The van der Waals surface area contributed by atoms with E-state index >= 15 is 0 Å². The molecule has 0 aliphatic carbocycles. The minimum atomic E-state index is -4.01. The average molecular weight is 482 g/mol. The molecule has 0 fully saturated rings. The Morgan fingerprint density at radius 2 is 1.62 bits per heavy atom. The number of nitrogens with one attached hydrogen (secondary N) is 1. The van der Waals surface area contributed by atoms with Crippen LogP contribution in [0.3, 0.4) is 0 Å². The van der Waals surface area contributed by atoms with Gasteiger partial charge in [0.25, 0.3) is 0 Å². The largest absolute Gasteiger partial charge is 0.459 e. The molecule has 1 N–H and O–H groups in total. The predicted molar refractivity (Wildman–Crippen MR) is 132 cm³/mol. The molecule has 0 amide bonds. The van der Waals surface area contributed by atoms with E-state index in [1.54, 1.807) is 36.4 Å². The van der Waals surface area contributed by atoms with Crippen molar-refractivity contribution in [1.82, 2.24) is 5.32 Å². The summed E-state index contributed by atoms with van der Waals surface area (Å²) in [5, 5.41) is 3.31. The molecule has 1 atom stereocenters. The van der Waals surface area contributed by atoms with Crippen LogP contribution in [0.25, 0.3) is 0 Å². The molecule has 180 valence electrons. The fraction of sp³-hybridized carbons (Fsp3) is 0.296. The minimum Gasteiger partial charge on any atom is -0.459 e. The Bertz CT molecular complexity index is 1200. The second-order valence-corrected chi connectivity index (χ2v) is 10.7. The lowest BCUT2D eigenvalue weighted by molar-refractivity contribution is -0.156. The first-order valence-corrected chi connectivity index (χ1v) is 12.5. The fourth-order valence-electron chi connectivity index (χ4n) is 3.33. The van der Waals surface area contributed by atoms with Gasteiger partial charge in [0.05, 0.1) is 5.92 Å². The first-order chi connectivity index (χ1) is 16.0. The summed E-state index contributed by atoms with van der Waals surface area (Å²) < 4.78 is 36.4. The van der Waals surface area contributed by atoms with E-state index in [0.717, 1.165) is 11.1 Å². The molecule has 34 heavy (non-hydrogen) atoms. The van der Waals surface area contributed by atoms with Gasteiger partial charge in [0, 0.05) is 13.1 Å². The second-order valence-electron chi connectivity index (χ2n) is 9.13. The van der Waals surface area contributed by atoms with Gasteiger partial charge in [-0.05, 0) is 63.1 Å². The van der Waals surface area contributed by atoms with Gasteiger partial charge in [-0.15, -0.1) is 0 Å². The highest BCUT2D eigenvalue weighted by Gasteiger charge is 2.27. The van der Waals surface area contributed by atoms with E-state index < -0.39 is 27.6 Å². The highest BCUT2D eigenvalue weighted by molar-refractivity contribution is 7.87. The zero-order valence-corrected chi connectivity index (χ0v) is 20.8. The van der Waals surface area contributed by atoms with E-state index in [9.17, 15) is 13.2 Å². The maximum absolute atomic E-state index is 13.0. The summed E-state index contributed by atoms with van der Waals surface area (Å²) in [5.41, 5.74) is 1.99. The standard InChI is InChI=1S/C27H31NO5S/c1-20-13-15-24(16-14-20)34(30,31)33-23-12-8-11-22(17-23)25(26(29)32-27(2,3)4)19-28-18-21-9-6-5-7-10-21/h5-17,25,28H,18-19H2,1-4H3. The second kappa shape index (κ2) is 10.8. The maximum Gasteiger partial charge on any atom is 0.339 e. The van der Waals surface area contributed by atoms with E-state index in [0.29, 0.717) is 18.7 Å². The molecule has 0 aliphatic rings. The summed E-state index contributed by atoms with van der Waals surface area (Å²) in [6.07, 6.45) is 0. The third-order valence-electron chi connectivity index (χ3n) is 4.99. The van der Waals surface area contributed by atoms with Gasteiger partial charge >= 0.3 is 16.1 Å². The van der Waals surface area contributed by atoms with Crippen molar-refractivity contribution in [2.75, 3.05) is 6.54 Å². The smallest absolute Gasteiger partial charge is 0.339 e. The Morgan fingerprint density at radius 3 is 2.26 bits per heavy atom. The lowest BCUT2D eigenvalue weighted by atomic mass is 9.98. The first-order valence-electron chi connectivity index (χ1n) is 11.1. The molecule has 0 saturated carbocycles. The SMILES string of the molecule is Cc1ccc(S(=O)(=O)Oc2cccc(C(CNCc3ccccc3)C(=O)OC(C)(C)C)c2)cc1. The van der Waals surface area contributed by atoms with E-state index in [-0.39, 0.29) is 10.6 Å². The highest BCUT2D eigenvalue weighted by atomic mass is 32.2. The van der Waals surface area contributed by atoms with Crippen molar-refractivity contribution in [1.29, 1.82) is 0 Å². The Labute approximate surface area is 202 Å². The summed E-state index contributed by atoms with van der Waals surface area (Å²) in [5.74, 6) is -0.908. The topological polar surface area (TPSA) is 81.7 Å². The molecule has 0 saturated heterocycles. The van der Waals surface area contributed by atoms with Crippen LogP contribution in [0.5, 0.6) is 5.75 Å². The van der Waals surface area contributed by atoms with Crippen LogP contribution in [0, 0.1) is 6.92 Å². The molecule has 0 aliphatic heterocycles. The van der Waals surface area contributed by atoms with Crippen molar-refractivity contribution in [2.24, 2.45) is 0 Å². The fourth-order valence-corrected chi connectivity index (χ4v) is 4.25. The normalized spacial score (nSPS) is 12.7. The minimum absolute atomic E-state index is 0.0664. The zero-order chi connectivity index (χ0) is 24.8. The van der Waals surface area contributed by atoms with Gasteiger partial charge in [0.2, 0.25) is 0 Å². The number of aryl methyl sites for hydroxylation is 1. The van der Waals surface area contributed by atoms with Crippen LogP contribution in [0.4, 0.5) is 0 Å². The van der Waals surface area contributed by atoms with Gasteiger partial charge in [-0.1, -0.05) is 60.2 Å². The van der Waals surface area contributed by atoms with Crippen LogP contribution in [-0.2, 0) is 26.2 Å². The summed E-state index contributed by atoms with van der Waals surface area (Å²) in [6, 6.07) is 22.9. The molecular weight excluding hydrogens is 450 g/mol. The van der Waals surface area contributed by atoms with Gasteiger partial charge in [-0.3, -0.25) is 4.79 Å². The van der Waals surface area contributed by atoms with Crippen molar-refractivity contribution in [3.05, 3.63) is 95.6 Å². The number of esters is 1. The van der Waals surface area contributed by atoms with Gasteiger partial charge < -0.3 is 14.2 Å². The Hall–Kier alpha value is -3.16. The van der Waals surface area contributed by atoms with Gasteiger partial charge in [-0.2, -0.15) is 8.42 Å². The van der Waals surface area contributed by atoms with Gasteiger partial charge in [0.15, 0.2) is 0 Å². The lowest BCUT2D eigenvalue weighted by Crippen LogP contribution is -2.33. The average Bonchev–Trinajstić information content (AvgIpc) is 2.76. The summed E-state index contributed by atoms with van der Waals surface area (Å²) in [7, 11) is -4.01. The predicted octanol–water partition coefficient (Wildman–Crippen LogP) is 4.98. The number of carbonyl (C=O) groups is 1. The summed E-state index contributed by atoms with van der Waals surface area (Å²) in [4.78, 5) is 13.1. The Kier molecular flexibility index (Phi) is 8.12. The summed E-state index contributed by atoms with van der Waals surface area (Å²) in [6.45, 7) is 8.21. The van der Waals surface area contributed by atoms with Crippen LogP contribution in [0.15, 0.2) is 83.8 Å². The van der Waals surface area contributed by atoms with E-state index in [2.05, 4.69) is 5.32 Å². The van der Waals surface area contributed by atoms with Gasteiger partial charge in [0.1, 0.15) is 16.2 Å². The lowest BCUT2D eigenvalue weighted by Gasteiger charge is -2.24. The van der Waals surface area contributed by atoms with Crippen molar-refractivity contribution in [3.8, 4) is 5.75 Å². The van der Waals surface area contributed by atoms with Crippen molar-refractivity contribution < 1.29 is 22.1 Å².